The third-order valence-corrected chi connectivity index (χ3v) is 4.02. The number of carbonyl (C=O) groups is 2. The highest BCUT2D eigenvalue weighted by atomic mass is 16.2. The summed E-state index contributed by atoms with van der Waals surface area (Å²) in [6.07, 6.45) is 0. The van der Waals surface area contributed by atoms with E-state index in [2.05, 4.69) is 10.6 Å². The molecular weight excluding hydrogens is 324 g/mol. The lowest BCUT2D eigenvalue weighted by Crippen LogP contribution is -2.30. The Hall–Kier alpha value is -3.40. The minimum absolute atomic E-state index is 0.215. The molecule has 3 rings (SSSR count). The van der Waals surface area contributed by atoms with E-state index in [1.54, 1.807) is 24.3 Å². The summed E-state index contributed by atoms with van der Waals surface area (Å²) in [6, 6.07) is 26.3. The van der Waals surface area contributed by atoms with Crippen LogP contribution in [-0.2, 0) is 4.79 Å². The molecule has 3 aromatic carbocycles. The summed E-state index contributed by atoms with van der Waals surface area (Å²) < 4.78 is 0. The first kappa shape index (κ1) is 17.4. The molecule has 0 aliphatic carbocycles. The molecule has 26 heavy (non-hydrogen) atoms. The molecular formula is C22H20N2O2. The smallest absolute Gasteiger partial charge is 0.254 e. The Morgan fingerprint density at radius 1 is 0.731 bits per heavy atom. The van der Waals surface area contributed by atoms with E-state index in [4.69, 9.17) is 0 Å². The fourth-order valence-electron chi connectivity index (χ4n) is 2.84. The normalized spacial score (nSPS) is 10.4. The summed E-state index contributed by atoms with van der Waals surface area (Å²) in [7, 11) is 0. The molecule has 2 N–H and O–H groups in total. The Bertz CT molecular complexity index is 853. The lowest BCUT2D eigenvalue weighted by molar-refractivity contribution is -0.114. The van der Waals surface area contributed by atoms with E-state index in [0.717, 1.165) is 11.1 Å². The lowest BCUT2D eigenvalue weighted by atomic mass is 9.98. The number of anilines is 1. The van der Waals surface area contributed by atoms with Crippen LogP contribution in [0, 0.1) is 0 Å². The van der Waals surface area contributed by atoms with Crippen LogP contribution in [0.15, 0.2) is 84.9 Å². The van der Waals surface area contributed by atoms with E-state index in [-0.39, 0.29) is 17.9 Å². The second-order valence-corrected chi connectivity index (χ2v) is 5.95. The van der Waals surface area contributed by atoms with Crippen molar-refractivity contribution in [2.45, 2.75) is 13.0 Å². The highest BCUT2D eigenvalue weighted by molar-refractivity contribution is 6.03. The van der Waals surface area contributed by atoms with Gasteiger partial charge in [0, 0.05) is 6.92 Å². The Kier molecular flexibility index (Phi) is 5.44. The molecule has 4 nitrogen and oxygen atoms in total. The number of hydrogen-bond acceptors (Lipinski definition) is 2. The highest BCUT2D eigenvalue weighted by Gasteiger charge is 2.19. The average Bonchev–Trinajstić information content (AvgIpc) is 2.67. The van der Waals surface area contributed by atoms with Crippen LogP contribution in [0.4, 0.5) is 5.69 Å². The number of hydrogen-bond donors (Lipinski definition) is 2. The van der Waals surface area contributed by atoms with Gasteiger partial charge in [0.05, 0.1) is 17.3 Å². The molecule has 0 saturated carbocycles. The predicted octanol–water partition coefficient (Wildman–Crippen LogP) is 4.16. The minimum Gasteiger partial charge on any atom is -0.341 e. The number of rotatable bonds is 5. The molecule has 0 aromatic heterocycles. The van der Waals surface area contributed by atoms with Crippen LogP contribution in [-0.4, -0.2) is 11.8 Å². The van der Waals surface area contributed by atoms with Gasteiger partial charge in [-0.05, 0) is 23.3 Å². The van der Waals surface area contributed by atoms with Crippen molar-refractivity contribution in [3.05, 3.63) is 102 Å². The van der Waals surface area contributed by atoms with Gasteiger partial charge in [-0.3, -0.25) is 9.59 Å². The fourth-order valence-corrected chi connectivity index (χ4v) is 2.84. The van der Waals surface area contributed by atoms with Crippen LogP contribution in [0.3, 0.4) is 0 Å². The zero-order chi connectivity index (χ0) is 18.4. The van der Waals surface area contributed by atoms with Gasteiger partial charge in [-0.1, -0.05) is 72.8 Å². The molecule has 0 spiro atoms. The summed E-state index contributed by atoms with van der Waals surface area (Å²) in [5.41, 5.74) is 2.91. The van der Waals surface area contributed by atoms with Crippen molar-refractivity contribution >= 4 is 17.5 Å². The number of para-hydroxylation sites is 1. The van der Waals surface area contributed by atoms with Gasteiger partial charge in [-0.2, -0.15) is 0 Å². The van der Waals surface area contributed by atoms with Crippen LogP contribution in [0.1, 0.15) is 34.5 Å². The van der Waals surface area contributed by atoms with Crippen molar-refractivity contribution in [3.63, 3.8) is 0 Å². The summed E-state index contributed by atoms with van der Waals surface area (Å²) in [5, 5.41) is 5.80. The molecule has 0 fully saturated rings. The quantitative estimate of drug-likeness (QED) is 0.730. The Balaban J connectivity index is 1.93. The molecule has 130 valence electrons. The first-order valence-corrected chi connectivity index (χ1v) is 8.42. The van der Waals surface area contributed by atoms with E-state index in [0.29, 0.717) is 11.3 Å². The van der Waals surface area contributed by atoms with Crippen molar-refractivity contribution < 1.29 is 9.59 Å². The number of carbonyl (C=O) groups excluding carboxylic acids is 2. The van der Waals surface area contributed by atoms with E-state index < -0.39 is 0 Å². The van der Waals surface area contributed by atoms with Crippen LogP contribution >= 0.6 is 0 Å². The largest absolute Gasteiger partial charge is 0.341 e. The fraction of sp³-hybridized carbons (Fsp3) is 0.0909. The average molecular weight is 344 g/mol. The lowest BCUT2D eigenvalue weighted by Gasteiger charge is -2.21. The highest BCUT2D eigenvalue weighted by Crippen LogP contribution is 2.23. The van der Waals surface area contributed by atoms with Gasteiger partial charge < -0.3 is 10.6 Å². The summed E-state index contributed by atoms with van der Waals surface area (Å²) in [5.74, 6) is -0.458. The van der Waals surface area contributed by atoms with Crippen molar-refractivity contribution in [3.8, 4) is 0 Å². The Morgan fingerprint density at radius 2 is 1.23 bits per heavy atom. The SMILES string of the molecule is CC(=O)Nc1ccccc1C(=O)NC(c1ccccc1)c1ccccc1. The van der Waals surface area contributed by atoms with Gasteiger partial charge in [-0.25, -0.2) is 0 Å². The van der Waals surface area contributed by atoms with E-state index in [1.165, 1.54) is 6.92 Å². The second-order valence-electron chi connectivity index (χ2n) is 5.95. The van der Waals surface area contributed by atoms with E-state index in [1.807, 2.05) is 60.7 Å². The monoisotopic (exact) mass is 344 g/mol. The number of benzene rings is 3. The first-order chi connectivity index (χ1) is 12.6. The topological polar surface area (TPSA) is 58.2 Å². The van der Waals surface area contributed by atoms with Crippen molar-refractivity contribution in [2.75, 3.05) is 5.32 Å². The standard InChI is InChI=1S/C22H20N2O2/c1-16(25)23-20-15-9-8-14-19(20)22(26)24-21(17-10-4-2-5-11-17)18-12-6-3-7-13-18/h2-15,21H,1H3,(H,23,25)(H,24,26). The number of amides is 2. The molecule has 0 saturated heterocycles. The van der Waals surface area contributed by atoms with Gasteiger partial charge in [0.1, 0.15) is 0 Å². The molecule has 0 aliphatic heterocycles. The van der Waals surface area contributed by atoms with Crippen molar-refractivity contribution in [2.24, 2.45) is 0 Å². The second kappa shape index (κ2) is 8.12. The summed E-state index contributed by atoms with van der Waals surface area (Å²) in [6.45, 7) is 1.42. The Morgan fingerprint density at radius 3 is 1.77 bits per heavy atom. The molecule has 0 radical (unpaired) electrons. The molecule has 0 atom stereocenters. The number of nitrogens with one attached hydrogen (secondary N) is 2. The van der Waals surface area contributed by atoms with Gasteiger partial charge >= 0.3 is 0 Å². The molecule has 2 amide bonds. The maximum absolute atomic E-state index is 12.9. The van der Waals surface area contributed by atoms with Gasteiger partial charge in [0.25, 0.3) is 5.91 Å². The molecule has 0 aliphatic rings. The predicted molar refractivity (Wildman–Crippen MR) is 103 cm³/mol. The maximum atomic E-state index is 12.9. The summed E-state index contributed by atoms with van der Waals surface area (Å²) >= 11 is 0. The van der Waals surface area contributed by atoms with Crippen molar-refractivity contribution in [1.82, 2.24) is 5.32 Å². The van der Waals surface area contributed by atoms with Crippen LogP contribution in [0.25, 0.3) is 0 Å². The zero-order valence-electron chi connectivity index (χ0n) is 14.5. The first-order valence-electron chi connectivity index (χ1n) is 8.42. The zero-order valence-corrected chi connectivity index (χ0v) is 14.5. The third-order valence-electron chi connectivity index (χ3n) is 4.02. The maximum Gasteiger partial charge on any atom is 0.254 e. The molecule has 0 heterocycles. The van der Waals surface area contributed by atoms with Crippen LogP contribution in [0.2, 0.25) is 0 Å². The van der Waals surface area contributed by atoms with Gasteiger partial charge in [-0.15, -0.1) is 0 Å². The molecule has 0 bridgehead atoms. The van der Waals surface area contributed by atoms with E-state index in [9.17, 15) is 9.59 Å². The molecule has 4 heteroatoms. The molecule has 0 unspecified atom stereocenters. The minimum atomic E-state index is -0.282. The van der Waals surface area contributed by atoms with E-state index >= 15 is 0 Å². The third kappa shape index (κ3) is 4.16. The molecule has 3 aromatic rings. The summed E-state index contributed by atoms with van der Waals surface area (Å²) in [4.78, 5) is 24.4. The Labute approximate surface area is 152 Å². The van der Waals surface area contributed by atoms with Crippen LogP contribution in [0.5, 0.6) is 0 Å². The van der Waals surface area contributed by atoms with Crippen molar-refractivity contribution in [1.29, 1.82) is 0 Å². The van der Waals surface area contributed by atoms with Gasteiger partial charge in [0.2, 0.25) is 5.91 Å². The van der Waals surface area contributed by atoms with Crippen LogP contribution < -0.4 is 10.6 Å². The van der Waals surface area contributed by atoms with Gasteiger partial charge in [0.15, 0.2) is 0 Å².